The van der Waals surface area contributed by atoms with Crippen molar-refractivity contribution in [2.75, 3.05) is 13.1 Å². The first-order chi connectivity index (χ1) is 4.18. The van der Waals surface area contributed by atoms with Crippen LogP contribution < -0.4 is 16.8 Å². The van der Waals surface area contributed by atoms with Crippen LogP contribution in [0.3, 0.4) is 0 Å². The van der Waals surface area contributed by atoms with E-state index < -0.39 is 0 Å². The van der Waals surface area contributed by atoms with Gasteiger partial charge in [-0.3, -0.25) is 0 Å². The molecule has 0 fully saturated rings. The van der Waals surface area contributed by atoms with Gasteiger partial charge in [0.1, 0.15) is 0 Å². The molecule has 0 aliphatic carbocycles. The van der Waals surface area contributed by atoms with Gasteiger partial charge in [-0.05, 0) is 13.8 Å². The number of nitrogens with two attached hydrogens (primary N) is 2. The highest BCUT2D eigenvalue weighted by molar-refractivity contribution is 4.69. The molecule has 0 amide bonds. The molecule has 0 aromatic heterocycles. The molecule has 0 saturated heterocycles. The minimum Gasteiger partial charge on any atom is -0.329 e. The Morgan fingerprint density at radius 2 is 2.00 bits per heavy atom. The zero-order chi connectivity index (χ0) is 7.28. The minimum atomic E-state index is 0.205. The van der Waals surface area contributed by atoms with E-state index in [4.69, 9.17) is 11.5 Å². The molecule has 0 heterocycles. The Kier molecular flexibility index (Phi) is 4.67. The van der Waals surface area contributed by atoms with Gasteiger partial charge in [-0.25, -0.2) is 0 Å². The molecule has 56 valence electrons. The van der Waals surface area contributed by atoms with Crippen molar-refractivity contribution in [3.05, 3.63) is 0 Å². The van der Waals surface area contributed by atoms with Crippen LogP contribution in [0.2, 0.25) is 0 Å². The summed E-state index contributed by atoms with van der Waals surface area (Å²) in [4.78, 5) is 0. The fourth-order valence-corrected chi connectivity index (χ4v) is 0.497. The normalized spacial score (nSPS) is 17.3. The van der Waals surface area contributed by atoms with Crippen LogP contribution in [0.1, 0.15) is 13.8 Å². The van der Waals surface area contributed by atoms with E-state index >= 15 is 0 Å². The molecule has 0 rings (SSSR count). The summed E-state index contributed by atoms with van der Waals surface area (Å²) in [5, 5.41) is 3.18. The highest BCUT2D eigenvalue weighted by Gasteiger charge is 2.03. The Hall–Kier alpha value is -0.120. The van der Waals surface area contributed by atoms with Gasteiger partial charge in [0.25, 0.3) is 0 Å². The van der Waals surface area contributed by atoms with Gasteiger partial charge in [0.05, 0.1) is 0 Å². The summed E-state index contributed by atoms with van der Waals surface area (Å²) in [5.74, 6) is 0. The summed E-state index contributed by atoms with van der Waals surface area (Å²) in [6.45, 7) is 5.56. The highest BCUT2D eigenvalue weighted by atomic mass is 14.9. The average Bonchev–Trinajstić information content (AvgIpc) is 1.82. The zero-order valence-corrected chi connectivity index (χ0v) is 6.22. The molecule has 0 aromatic rings. The minimum absolute atomic E-state index is 0.205. The molecular weight excluding hydrogens is 114 g/mol. The van der Waals surface area contributed by atoms with Crippen LogP contribution >= 0.6 is 0 Å². The predicted octanol–water partition coefficient (Wildman–Crippen LogP) is -0.730. The van der Waals surface area contributed by atoms with Crippen LogP contribution in [0.5, 0.6) is 0 Å². The second-order valence-electron chi connectivity index (χ2n) is 2.39. The molecule has 0 saturated carbocycles. The fourth-order valence-electron chi connectivity index (χ4n) is 0.497. The molecule has 2 unspecified atom stereocenters. The summed E-state index contributed by atoms with van der Waals surface area (Å²) >= 11 is 0. The zero-order valence-electron chi connectivity index (χ0n) is 6.22. The van der Waals surface area contributed by atoms with Gasteiger partial charge in [0.2, 0.25) is 0 Å². The van der Waals surface area contributed by atoms with Crippen molar-refractivity contribution in [2.45, 2.75) is 25.9 Å². The molecule has 0 spiro atoms. The SMILES string of the molecule is CC(N)C(C)NCCN. The number of rotatable bonds is 4. The maximum atomic E-state index is 5.57. The van der Waals surface area contributed by atoms with Crippen LogP contribution in [0, 0.1) is 0 Å². The van der Waals surface area contributed by atoms with E-state index in [1.807, 2.05) is 6.92 Å². The quantitative estimate of drug-likeness (QED) is 0.471. The molecule has 2 atom stereocenters. The number of nitrogens with one attached hydrogen (secondary N) is 1. The fraction of sp³-hybridized carbons (Fsp3) is 1.00. The Morgan fingerprint density at radius 3 is 2.33 bits per heavy atom. The monoisotopic (exact) mass is 131 g/mol. The van der Waals surface area contributed by atoms with Crippen LogP contribution in [-0.2, 0) is 0 Å². The third-order valence-corrected chi connectivity index (χ3v) is 1.40. The average molecular weight is 131 g/mol. The van der Waals surface area contributed by atoms with Gasteiger partial charge in [-0.1, -0.05) is 0 Å². The van der Waals surface area contributed by atoms with Crippen molar-refractivity contribution < 1.29 is 0 Å². The molecule has 0 aliphatic heterocycles. The molecule has 3 nitrogen and oxygen atoms in total. The summed E-state index contributed by atoms with van der Waals surface area (Å²) in [6.07, 6.45) is 0. The van der Waals surface area contributed by atoms with Crippen molar-refractivity contribution in [1.82, 2.24) is 5.32 Å². The van der Waals surface area contributed by atoms with Gasteiger partial charge < -0.3 is 16.8 Å². The second kappa shape index (κ2) is 4.73. The van der Waals surface area contributed by atoms with Crippen molar-refractivity contribution >= 4 is 0 Å². The lowest BCUT2D eigenvalue weighted by atomic mass is 10.2. The lowest BCUT2D eigenvalue weighted by Crippen LogP contribution is -2.42. The maximum Gasteiger partial charge on any atom is 0.0188 e. The van der Waals surface area contributed by atoms with E-state index in [2.05, 4.69) is 12.2 Å². The summed E-state index contributed by atoms with van der Waals surface area (Å²) in [5.41, 5.74) is 10.8. The predicted molar refractivity (Wildman–Crippen MR) is 40.2 cm³/mol. The van der Waals surface area contributed by atoms with Crippen molar-refractivity contribution in [2.24, 2.45) is 11.5 Å². The van der Waals surface area contributed by atoms with Gasteiger partial charge in [0.15, 0.2) is 0 Å². The Labute approximate surface area is 56.8 Å². The first kappa shape index (κ1) is 8.88. The Balaban J connectivity index is 3.16. The topological polar surface area (TPSA) is 64.1 Å². The van der Waals surface area contributed by atoms with Crippen LogP contribution in [0.15, 0.2) is 0 Å². The van der Waals surface area contributed by atoms with Gasteiger partial charge in [-0.2, -0.15) is 0 Å². The smallest absolute Gasteiger partial charge is 0.0188 e. The molecule has 0 aliphatic rings. The van der Waals surface area contributed by atoms with E-state index in [1.165, 1.54) is 0 Å². The summed E-state index contributed by atoms with van der Waals surface area (Å²) < 4.78 is 0. The van der Waals surface area contributed by atoms with E-state index in [0.717, 1.165) is 6.54 Å². The van der Waals surface area contributed by atoms with E-state index in [9.17, 15) is 0 Å². The summed E-state index contributed by atoms with van der Waals surface area (Å²) in [7, 11) is 0. The Bertz CT molecular complexity index is 63.3. The largest absolute Gasteiger partial charge is 0.329 e. The lowest BCUT2D eigenvalue weighted by molar-refractivity contribution is 0.484. The molecule has 0 aromatic carbocycles. The van der Waals surface area contributed by atoms with Crippen molar-refractivity contribution in [3.8, 4) is 0 Å². The summed E-state index contributed by atoms with van der Waals surface area (Å²) in [6, 6.07) is 0.574. The highest BCUT2D eigenvalue weighted by Crippen LogP contribution is 1.84. The van der Waals surface area contributed by atoms with Gasteiger partial charge >= 0.3 is 0 Å². The molecule has 3 heteroatoms. The van der Waals surface area contributed by atoms with Gasteiger partial charge in [-0.15, -0.1) is 0 Å². The molecular formula is C6H17N3. The van der Waals surface area contributed by atoms with Crippen molar-refractivity contribution in [3.63, 3.8) is 0 Å². The molecule has 0 radical (unpaired) electrons. The number of hydrogen-bond acceptors (Lipinski definition) is 3. The molecule has 0 bridgehead atoms. The first-order valence-electron chi connectivity index (χ1n) is 3.37. The standard InChI is InChI=1S/C6H17N3/c1-5(8)6(2)9-4-3-7/h5-6,9H,3-4,7-8H2,1-2H3. The van der Waals surface area contributed by atoms with Crippen LogP contribution in [0.4, 0.5) is 0 Å². The molecule has 5 N–H and O–H groups in total. The maximum absolute atomic E-state index is 5.57. The molecule has 9 heavy (non-hydrogen) atoms. The van der Waals surface area contributed by atoms with E-state index in [0.29, 0.717) is 12.6 Å². The second-order valence-corrected chi connectivity index (χ2v) is 2.39. The van der Waals surface area contributed by atoms with Crippen LogP contribution in [-0.4, -0.2) is 25.2 Å². The van der Waals surface area contributed by atoms with Crippen molar-refractivity contribution in [1.29, 1.82) is 0 Å². The van der Waals surface area contributed by atoms with E-state index in [-0.39, 0.29) is 6.04 Å². The van der Waals surface area contributed by atoms with E-state index in [1.54, 1.807) is 0 Å². The van der Waals surface area contributed by atoms with Gasteiger partial charge in [0, 0.05) is 25.2 Å². The third-order valence-electron chi connectivity index (χ3n) is 1.40. The number of hydrogen-bond donors (Lipinski definition) is 3. The first-order valence-corrected chi connectivity index (χ1v) is 3.37. The lowest BCUT2D eigenvalue weighted by Gasteiger charge is -2.16. The van der Waals surface area contributed by atoms with Crippen LogP contribution in [0.25, 0.3) is 0 Å². The Morgan fingerprint density at radius 1 is 1.44 bits per heavy atom. The third kappa shape index (κ3) is 4.39.